The Bertz CT molecular complexity index is 699. The number of nitrogens with zero attached hydrogens (tertiary/aromatic N) is 4. The summed E-state index contributed by atoms with van der Waals surface area (Å²) in [6, 6.07) is 5.57. The third kappa shape index (κ3) is 6.28. The van der Waals surface area contributed by atoms with Crippen LogP contribution in [0.1, 0.15) is 31.2 Å². The second-order valence-corrected chi connectivity index (χ2v) is 6.52. The number of aromatic nitrogens is 3. The maximum atomic E-state index is 6.27. The predicted molar refractivity (Wildman–Crippen MR) is 119 cm³/mol. The van der Waals surface area contributed by atoms with Gasteiger partial charge >= 0.3 is 0 Å². The van der Waals surface area contributed by atoms with Gasteiger partial charge in [0.2, 0.25) is 0 Å². The van der Waals surface area contributed by atoms with Gasteiger partial charge in [-0.05, 0) is 17.7 Å². The lowest BCUT2D eigenvalue weighted by molar-refractivity contribution is 0.627. The van der Waals surface area contributed by atoms with Crippen molar-refractivity contribution < 1.29 is 0 Å². The Labute approximate surface area is 181 Å². The fourth-order valence-electron chi connectivity index (χ4n) is 2.59. The van der Waals surface area contributed by atoms with Crippen LogP contribution in [-0.2, 0) is 13.0 Å². The van der Waals surface area contributed by atoms with Crippen molar-refractivity contribution in [1.82, 2.24) is 25.4 Å². The number of rotatable bonds is 7. The number of benzene rings is 1. The van der Waals surface area contributed by atoms with Gasteiger partial charge in [0, 0.05) is 49.1 Å². The lowest BCUT2D eigenvalue weighted by Crippen LogP contribution is -2.40. The number of hydrogen-bond acceptors (Lipinski definition) is 3. The minimum atomic E-state index is 0. The largest absolute Gasteiger partial charge is 0.356 e. The highest BCUT2D eigenvalue weighted by molar-refractivity contribution is 14.0. The Hall–Kier alpha value is -1.06. The number of aliphatic imine (C=N–C) groups is 1. The van der Waals surface area contributed by atoms with Crippen LogP contribution in [0.2, 0.25) is 10.0 Å². The topological polar surface area (TPSA) is 67.1 Å². The van der Waals surface area contributed by atoms with Gasteiger partial charge in [0.1, 0.15) is 12.2 Å². The Morgan fingerprint density at radius 1 is 1.27 bits per heavy atom. The van der Waals surface area contributed by atoms with Gasteiger partial charge in [-0.1, -0.05) is 43.1 Å². The maximum absolute atomic E-state index is 6.27. The predicted octanol–water partition coefficient (Wildman–Crippen LogP) is 3.73. The number of hydrogen-bond donors (Lipinski definition) is 2. The smallest absolute Gasteiger partial charge is 0.191 e. The normalized spacial score (nSPS) is 12.4. The molecule has 0 saturated heterocycles. The summed E-state index contributed by atoms with van der Waals surface area (Å²) < 4.78 is 2.03. The number of halogens is 3. The van der Waals surface area contributed by atoms with Crippen molar-refractivity contribution in [3.05, 3.63) is 46.0 Å². The summed E-state index contributed by atoms with van der Waals surface area (Å²) in [6.45, 7) is 6.33. The second-order valence-electron chi connectivity index (χ2n) is 5.71. The minimum Gasteiger partial charge on any atom is -0.356 e. The lowest BCUT2D eigenvalue weighted by Gasteiger charge is -2.18. The van der Waals surface area contributed by atoms with Crippen LogP contribution in [0.25, 0.3) is 0 Å². The Morgan fingerprint density at radius 2 is 1.96 bits per heavy atom. The molecule has 1 atom stereocenters. The van der Waals surface area contributed by atoms with E-state index >= 15 is 0 Å². The minimum absolute atomic E-state index is 0. The standard InChI is InChI=1S/C17H24Cl2N6.HI/c1-4-15-24-23-11-25(15)9-8-21-17(20-3)22-10-12(2)16-13(18)6-5-7-14(16)19;/h5-7,11-12H,4,8-10H2,1-3H3,(H2,20,21,22);1H. The van der Waals surface area contributed by atoms with Crippen LogP contribution < -0.4 is 10.6 Å². The van der Waals surface area contributed by atoms with Crippen LogP contribution >= 0.6 is 47.2 Å². The molecule has 0 saturated carbocycles. The Morgan fingerprint density at radius 3 is 2.58 bits per heavy atom. The van der Waals surface area contributed by atoms with Crippen molar-refractivity contribution in [2.75, 3.05) is 20.1 Å². The molecule has 0 fully saturated rings. The van der Waals surface area contributed by atoms with Crippen molar-refractivity contribution in [3.8, 4) is 0 Å². The molecule has 0 spiro atoms. The lowest BCUT2D eigenvalue weighted by atomic mass is 10.0. The van der Waals surface area contributed by atoms with E-state index in [1.165, 1.54) is 0 Å². The van der Waals surface area contributed by atoms with Crippen LogP contribution in [0.15, 0.2) is 29.5 Å². The average Bonchev–Trinajstić information content (AvgIpc) is 3.05. The SMILES string of the molecule is CCc1nncn1CCNC(=NC)NCC(C)c1c(Cl)cccc1Cl.I. The number of guanidine groups is 1. The molecule has 26 heavy (non-hydrogen) atoms. The molecule has 6 nitrogen and oxygen atoms in total. The zero-order chi connectivity index (χ0) is 18.2. The first kappa shape index (κ1) is 23.0. The summed E-state index contributed by atoms with van der Waals surface area (Å²) in [5.41, 5.74) is 0.950. The molecule has 2 rings (SSSR count). The van der Waals surface area contributed by atoms with E-state index in [0.29, 0.717) is 16.6 Å². The zero-order valence-corrected chi connectivity index (χ0v) is 19.0. The molecule has 144 valence electrons. The van der Waals surface area contributed by atoms with Crippen LogP contribution in [0.4, 0.5) is 0 Å². The summed E-state index contributed by atoms with van der Waals surface area (Å²) in [7, 11) is 1.75. The van der Waals surface area contributed by atoms with Crippen LogP contribution in [-0.4, -0.2) is 40.9 Å². The first-order chi connectivity index (χ1) is 12.1. The van der Waals surface area contributed by atoms with Gasteiger partial charge in [0.05, 0.1) is 0 Å². The highest BCUT2D eigenvalue weighted by Crippen LogP contribution is 2.30. The molecule has 0 bridgehead atoms. The van der Waals surface area contributed by atoms with E-state index in [-0.39, 0.29) is 29.9 Å². The first-order valence-electron chi connectivity index (χ1n) is 8.31. The van der Waals surface area contributed by atoms with Gasteiger partial charge in [0.25, 0.3) is 0 Å². The molecule has 1 aromatic carbocycles. The van der Waals surface area contributed by atoms with Crippen molar-refractivity contribution in [2.45, 2.75) is 32.7 Å². The van der Waals surface area contributed by atoms with E-state index in [0.717, 1.165) is 36.9 Å². The molecular weight excluding hydrogens is 486 g/mol. The molecule has 1 aromatic heterocycles. The number of aryl methyl sites for hydroxylation is 1. The molecule has 2 aromatic rings. The quantitative estimate of drug-likeness (QED) is 0.338. The third-order valence-corrected chi connectivity index (χ3v) is 4.61. The van der Waals surface area contributed by atoms with Crippen molar-refractivity contribution >= 4 is 53.1 Å². The van der Waals surface area contributed by atoms with Crippen LogP contribution in [0.3, 0.4) is 0 Å². The molecule has 0 aliphatic carbocycles. The van der Waals surface area contributed by atoms with E-state index in [9.17, 15) is 0 Å². The van der Waals surface area contributed by atoms with Crippen LogP contribution in [0.5, 0.6) is 0 Å². The van der Waals surface area contributed by atoms with Crippen molar-refractivity contribution in [2.24, 2.45) is 4.99 Å². The van der Waals surface area contributed by atoms with Gasteiger partial charge in [-0.25, -0.2) is 0 Å². The van der Waals surface area contributed by atoms with Gasteiger partial charge < -0.3 is 15.2 Å². The molecular formula is C17H25Cl2IN6. The highest BCUT2D eigenvalue weighted by Gasteiger charge is 2.14. The molecule has 1 heterocycles. The van der Waals surface area contributed by atoms with E-state index in [4.69, 9.17) is 23.2 Å². The van der Waals surface area contributed by atoms with Crippen molar-refractivity contribution in [3.63, 3.8) is 0 Å². The molecule has 0 aliphatic rings. The summed E-state index contributed by atoms with van der Waals surface area (Å²) in [4.78, 5) is 4.25. The summed E-state index contributed by atoms with van der Waals surface area (Å²) in [5.74, 6) is 1.87. The monoisotopic (exact) mass is 510 g/mol. The van der Waals surface area contributed by atoms with Gasteiger partial charge in [0.15, 0.2) is 5.96 Å². The third-order valence-electron chi connectivity index (χ3n) is 3.95. The van der Waals surface area contributed by atoms with Gasteiger partial charge in [-0.15, -0.1) is 34.2 Å². The van der Waals surface area contributed by atoms with Gasteiger partial charge in [-0.3, -0.25) is 4.99 Å². The zero-order valence-electron chi connectivity index (χ0n) is 15.2. The number of nitrogens with one attached hydrogen (secondary N) is 2. The molecule has 9 heteroatoms. The Kier molecular flexibility index (Phi) is 10.3. The Balaban J connectivity index is 0.00000338. The summed E-state index contributed by atoms with van der Waals surface area (Å²) >= 11 is 12.5. The summed E-state index contributed by atoms with van der Waals surface area (Å²) in [6.07, 6.45) is 2.61. The molecule has 1 unspecified atom stereocenters. The fourth-order valence-corrected chi connectivity index (χ4v) is 3.36. The van der Waals surface area contributed by atoms with Gasteiger partial charge in [-0.2, -0.15) is 0 Å². The summed E-state index contributed by atoms with van der Waals surface area (Å²) in [5, 5.41) is 16.0. The molecule has 2 N–H and O–H groups in total. The molecule has 0 radical (unpaired) electrons. The molecule has 0 aliphatic heterocycles. The van der Waals surface area contributed by atoms with E-state index in [1.54, 1.807) is 13.4 Å². The van der Waals surface area contributed by atoms with E-state index in [1.807, 2.05) is 22.8 Å². The second kappa shape index (κ2) is 11.6. The first-order valence-corrected chi connectivity index (χ1v) is 9.07. The molecule has 0 amide bonds. The van der Waals surface area contributed by atoms with E-state index < -0.39 is 0 Å². The highest BCUT2D eigenvalue weighted by atomic mass is 127. The average molecular weight is 511 g/mol. The van der Waals surface area contributed by atoms with Crippen LogP contribution in [0, 0.1) is 0 Å². The fraction of sp³-hybridized carbons (Fsp3) is 0.471. The maximum Gasteiger partial charge on any atom is 0.191 e. The van der Waals surface area contributed by atoms with Crippen molar-refractivity contribution in [1.29, 1.82) is 0 Å². The van der Waals surface area contributed by atoms with E-state index in [2.05, 4.69) is 39.7 Å².